The average Bonchev–Trinajstić information content (AvgIpc) is 3.09. The van der Waals surface area contributed by atoms with E-state index in [2.05, 4.69) is 11.0 Å². The van der Waals surface area contributed by atoms with Gasteiger partial charge in [0.05, 0.1) is 12.8 Å². The first-order valence-electron chi connectivity index (χ1n) is 7.37. The first kappa shape index (κ1) is 12.2. The van der Waals surface area contributed by atoms with Crippen LogP contribution in [0.2, 0.25) is 0 Å². The molecule has 0 spiro atoms. The summed E-state index contributed by atoms with van der Waals surface area (Å²) >= 11 is 0. The molecule has 2 N–H and O–H groups in total. The lowest BCUT2D eigenvalue weighted by Gasteiger charge is -2.28. The average molecular weight is 248 g/mol. The SMILES string of the molecule is NCc1coc(CN2CCCC2C2CCCC2)c1. The van der Waals surface area contributed by atoms with Crippen molar-refractivity contribution in [3.8, 4) is 0 Å². The van der Waals surface area contributed by atoms with Gasteiger partial charge in [-0.3, -0.25) is 4.90 Å². The molecule has 1 aliphatic heterocycles. The van der Waals surface area contributed by atoms with Gasteiger partial charge in [0.2, 0.25) is 0 Å². The Balaban J connectivity index is 1.63. The number of hydrogen-bond acceptors (Lipinski definition) is 3. The van der Waals surface area contributed by atoms with Gasteiger partial charge < -0.3 is 10.2 Å². The monoisotopic (exact) mass is 248 g/mol. The second kappa shape index (κ2) is 5.45. The van der Waals surface area contributed by atoms with E-state index in [-0.39, 0.29) is 0 Å². The number of hydrogen-bond donors (Lipinski definition) is 1. The zero-order valence-electron chi connectivity index (χ0n) is 11.1. The Kier molecular flexibility index (Phi) is 3.71. The second-order valence-corrected chi connectivity index (χ2v) is 5.85. The van der Waals surface area contributed by atoms with Gasteiger partial charge >= 0.3 is 0 Å². The van der Waals surface area contributed by atoms with Crippen LogP contribution in [0.15, 0.2) is 16.7 Å². The number of nitrogens with two attached hydrogens (primary N) is 1. The zero-order chi connectivity index (χ0) is 12.4. The molecule has 100 valence electrons. The summed E-state index contributed by atoms with van der Waals surface area (Å²) in [6, 6.07) is 2.92. The highest BCUT2D eigenvalue weighted by Gasteiger charge is 2.33. The fourth-order valence-electron chi connectivity index (χ4n) is 3.74. The van der Waals surface area contributed by atoms with Crippen molar-refractivity contribution in [2.45, 2.75) is 57.7 Å². The predicted molar refractivity (Wildman–Crippen MR) is 72.0 cm³/mol. The van der Waals surface area contributed by atoms with Crippen LogP contribution in [0.1, 0.15) is 49.8 Å². The van der Waals surface area contributed by atoms with Crippen LogP contribution in [0.4, 0.5) is 0 Å². The molecular weight excluding hydrogens is 224 g/mol. The number of nitrogens with zero attached hydrogens (tertiary/aromatic N) is 1. The maximum absolute atomic E-state index is 5.62. The molecule has 1 aromatic rings. The summed E-state index contributed by atoms with van der Waals surface area (Å²) in [6.45, 7) is 2.79. The molecule has 2 heterocycles. The predicted octanol–water partition coefficient (Wildman–Crippen LogP) is 2.89. The summed E-state index contributed by atoms with van der Waals surface area (Å²) in [5.74, 6) is 2.02. The molecule has 1 aliphatic carbocycles. The Morgan fingerprint density at radius 3 is 2.78 bits per heavy atom. The van der Waals surface area contributed by atoms with Crippen molar-refractivity contribution >= 4 is 0 Å². The van der Waals surface area contributed by atoms with Gasteiger partial charge in [0, 0.05) is 18.2 Å². The van der Waals surface area contributed by atoms with Crippen LogP contribution in [0, 0.1) is 5.92 Å². The van der Waals surface area contributed by atoms with Crippen LogP contribution in [0.25, 0.3) is 0 Å². The highest BCUT2D eigenvalue weighted by atomic mass is 16.3. The third-order valence-electron chi connectivity index (χ3n) is 4.66. The van der Waals surface area contributed by atoms with E-state index in [4.69, 9.17) is 10.2 Å². The Hall–Kier alpha value is -0.800. The molecule has 0 bridgehead atoms. The molecule has 1 atom stereocenters. The summed E-state index contributed by atoms with van der Waals surface area (Å²) in [7, 11) is 0. The highest BCUT2D eigenvalue weighted by molar-refractivity contribution is 5.12. The molecule has 2 fully saturated rings. The van der Waals surface area contributed by atoms with Gasteiger partial charge in [-0.1, -0.05) is 12.8 Å². The van der Waals surface area contributed by atoms with Crippen molar-refractivity contribution < 1.29 is 4.42 Å². The molecule has 3 heteroatoms. The van der Waals surface area contributed by atoms with E-state index in [1.807, 2.05) is 0 Å². The van der Waals surface area contributed by atoms with Gasteiger partial charge in [0.25, 0.3) is 0 Å². The van der Waals surface area contributed by atoms with Crippen LogP contribution in [-0.4, -0.2) is 17.5 Å². The molecule has 1 aromatic heterocycles. The van der Waals surface area contributed by atoms with E-state index in [9.17, 15) is 0 Å². The molecule has 1 unspecified atom stereocenters. The van der Waals surface area contributed by atoms with Crippen molar-refractivity contribution in [2.24, 2.45) is 11.7 Å². The van der Waals surface area contributed by atoms with Gasteiger partial charge in [0.1, 0.15) is 5.76 Å². The number of furan rings is 1. The summed E-state index contributed by atoms with van der Waals surface area (Å²) in [5, 5.41) is 0. The van der Waals surface area contributed by atoms with E-state index in [1.54, 1.807) is 6.26 Å². The Morgan fingerprint density at radius 2 is 2.06 bits per heavy atom. The summed E-state index contributed by atoms with van der Waals surface area (Å²) in [4.78, 5) is 2.63. The van der Waals surface area contributed by atoms with Gasteiger partial charge in [-0.15, -0.1) is 0 Å². The Morgan fingerprint density at radius 1 is 1.22 bits per heavy atom. The largest absolute Gasteiger partial charge is 0.468 e. The third kappa shape index (κ3) is 2.47. The molecule has 0 aromatic carbocycles. The molecule has 1 saturated heterocycles. The number of rotatable bonds is 4. The van der Waals surface area contributed by atoms with E-state index < -0.39 is 0 Å². The lowest BCUT2D eigenvalue weighted by atomic mass is 9.96. The van der Waals surface area contributed by atoms with E-state index in [0.717, 1.165) is 29.8 Å². The fourth-order valence-corrected chi connectivity index (χ4v) is 3.74. The zero-order valence-corrected chi connectivity index (χ0v) is 11.1. The van der Waals surface area contributed by atoms with Crippen LogP contribution in [0.5, 0.6) is 0 Å². The number of likely N-dealkylation sites (tertiary alicyclic amines) is 1. The minimum atomic E-state index is 0.579. The summed E-state index contributed by atoms with van der Waals surface area (Å²) in [5.41, 5.74) is 6.74. The van der Waals surface area contributed by atoms with E-state index in [1.165, 1.54) is 45.1 Å². The van der Waals surface area contributed by atoms with Crippen molar-refractivity contribution in [3.63, 3.8) is 0 Å². The molecular formula is C15H24N2O. The Bertz CT molecular complexity index is 382. The van der Waals surface area contributed by atoms with Crippen LogP contribution >= 0.6 is 0 Å². The molecule has 3 nitrogen and oxygen atoms in total. The summed E-state index contributed by atoms with van der Waals surface area (Å²) < 4.78 is 5.61. The molecule has 18 heavy (non-hydrogen) atoms. The first-order valence-corrected chi connectivity index (χ1v) is 7.37. The smallest absolute Gasteiger partial charge is 0.118 e. The minimum Gasteiger partial charge on any atom is -0.468 e. The Labute approximate surface area is 109 Å². The molecule has 3 rings (SSSR count). The summed E-state index contributed by atoms with van der Waals surface area (Å²) in [6.07, 6.45) is 10.3. The van der Waals surface area contributed by atoms with Gasteiger partial charge in [-0.2, -0.15) is 0 Å². The topological polar surface area (TPSA) is 42.4 Å². The maximum Gasteiger partial charge on any atom is 0.118 e. The minimum absolute atomic E-state index is 0.579. The van der Waals surface area contributed by atoms with Crippen molar-refractivity contribution in [1.29, 1.82) is 0 Å². The lowest BCUT2D eigenvalue weighted by Crippen LogP contribution is -2.34. The fraction of sp³-hybridized carbons (Fsp3) is 0.733. The normalized spacial score (nSPS) is 26.2. The van der Waals surface area contributed by atoms with E-state index in [0.29, 0.717) is 6.54 Å². The molecule has 2 aliphatic rings. The van der Waals surface area contributed by atoms with Crippen LogP contribution in [-0.2, 0) is 13.1 Å². The first-order chi connectivity index (χ1) is 8.86. The van der Waals surface area contributed by atoms with Crippen LogP contribution < -0.4 is 5.73 Å². The standard InChI is InChI=1S/C15H24N2O/c16-9-12-8-14(18-11-12)10-17-7-3-6-15(17)13-4-1-2-5-13/h8,11,13,15H,1-7,9-10,16H2. The quantitative estimate of drug-likeness (QED) is 0.891. The van der Waals surface area contributed by atoms with Crippen molar-refractivity contribution in [2.75, 3.05) is 6.54 Å². The molecule has 1 saturated carbocycles. The molecule has 0 amide bonds. The molecule has 0 radical (unpaired) electrons. The van der Waals surface area contributed by atoms with Crippen LogP contribution in [0.3, 0.4) is 0 Å². The van der Waals surface area contributed by atoms with Gasteiger partial charge in [-0.05, 0) is 44.2 Å². The lowest BCUT2D eigenvalue weighted by molar-refractivity contribution is 0.171. The second-order valence-electron chi connectivity index (χ2n) is 5.85. The maximum atomic E-state index is 5.62. The van der Waals surface area contributed by atoms with Gasteiger partial charge in [0.15, 0.2) is 0 Å². The highest BCUT2D eigenvalue weighted by Crippen LogP contribution is 2.36. The van der Waals surface area contributed by atoms with Crippen molar-refractivity contribution in [3.05, 3.63) is 23.7 Å². The van der Waals surface area contributed by atoms with Gasteiger partial charge in [-0.25, -0.2) is 0 Å². The van der Waals surface area contributed by atoms with E-state index >= 15 is 0 Å². The van der Waals surface area contributed by atoms with Crippen molar-refractivity contribution in [1.82, 2.24) is 4.90 Å². The third-order valence-corrected chi connectivity index (χ3v) is 4.66.